The summed E-state index contributed by atoms with van der Waals surface area (Å²) in [5.41, 5.74) is 3.36. The third-order valence-corrected chi connectivity index (χ3v) is 4.33. The van der Waals surface area contributed by atoms with E-state index in [1.807, 2.05) is 0 Å². The topological polar surface area (TPSA) is 0 Å². The van der Waals surface area contributed by atoms with Gasteiger partial charge in [0.15, 0.2) is 0 Å². The average Bonchev–Trinajstić information content (AvgIpc) is 2.43. The second-order valence-electron chi connectivity index (χ2n) is 4.84. The maximum absolute atomic E-state index is 2.37. The lowest BCUT2D eigenvalue weighted by molar-refractivity contribution is 0.290. The van der Waals surface area contributed by atoms with Crippen LogP contribution < -0.4 is 0 Å². The van der Waals surface area contributed by atoms with Crippen LogP contribution in [0.4, 0.5) is 0 Å². The van der Waals surface area contributed by atoms with Gasteiger partial charge in [0.1, 0.15) is 0 Å². The predicted octanol–water partition coefficient (Wildman–Crippen LogP) is 4.08. The molecule has 0 heteroatoms. The van der Waals surface area contributed by atoms with Gasteiger partial charge in [0.05, 0.1) is 0 Å². The summed E-state index contributed by atoms with van der Waals surface area (Å²) in [6.45, 7) is 2.36. The van der Waals surface area contributed by atoms with Crippen LogP contribution in [0.25, 0.3) is 0 Å². The Morgan fingerprint density at radius 3 is 2.14 bits per heavy atom. The highest BCUT2D eigenvalue weighted by molar-refractivity contribution is 5.41. The zero-order valence-electron chi connectivity index (χ0n) is 8.87. The van der Waals surface area contributed by atoms with Crippen LogP contribution in [0.3, 0.4) is 0 Å². The molecule has 0 amide bonds. The lowest BCUT2D eigenvalue weighted by Gasteiger charge is -2.29. The molecule has 0 aromatic heterocycles. The normalized spacial score (nSPS) is 34.2. The number of rotatable bonds is 1. The van der Waals surface area contributed by atoms with Crippen molar-refractivity contribution in [2.24, 2.45) is 5.92 Å². The summed E-state index contributed by atoms with van der Waals surface area (Å²) < 4.78 is 0. The molecule has 1 fully saturated rings. The van der Waals surface area contributed by atoms with E-state index in [4.69, 9.17) is 0 Å². The Labute approximate surface area is 86.3 Å². The first-order chi connectivity index (χ1) is 6.92. The fourth-order valence-corrected chi connectivity index (χ4v) is 3.79. The van der Waals surface area contributed by atoms with Gasteiger partial charge in [0.25, 0.3) is 0 Å². The van der Waals surface area contributed by atoms with Crippen molar-refractivity contribution < 1.29 is 0 Å². The predicted molar refractivity (Wildman–Crippen MR) is 59.6 cm³/mol. The molecule has 1 aromatic rings. The second kappa shape index (κ2) is 3.12. The first kappa shape index (κ1) is 8.52. The molecule has 0 saturated heterocycles. The zero-order valence-corrected chi connectivity index (χ0v) is 8.87. The van der Waals surface area contributed by atoms with E-state index >= 15 is 0 Å². The Balaban J connectivity index is 2.11. The van der Waals surface area contributed by atoms with Crippen LogP contribution in [0.2, 0.25) is 0 Å². The molecule has 2 aliphatic carbocycles. The van der Waals surface area contributed by atoms with Crippen molar-refractivity contribution in [2.75, 3.05) is 0 Å². The van der Waals surface area contributed by atoms with E-state index < -0.39 is 0 Å². The largest absolute Gasteiger partial charge is 0.0651 e. The molecule has 2 aliphatic rings. The van der Waals surface area contributed by atoms with Crippen molar-refractivity contribution in [3.63, 3.8) is 0 Å². The Bertz CT molecular complexity index is 309. The van der Waals surface area contributed by atoms with E-state index in [1.165, 1.54) is 25.7 Å². The Morgan fingerprint density at radius 1 is 1.07 bits per heavy atom. The van der Waals surface area contributed by atoms with E-state index in [0.29, 0.717) is 0 Å². The summed E-state index contributed by atoms with van der Waals surface area (Å²) in [5, 5.41) is 0. The van der Waals surface area contributed by atoms with Crippen molar-refractivity contribution in [1.29, 1.82) is 0 Å². The minimum absolute atomic E-state index is 0.898. The third kappa shape index (κ3) is 1.00. The van der Waals surface area contributed by atoms with Gasteiger partial charge in [-0.15, -0.1) is 0 Å². The minimum Gasteiger partial charge on any atom is -0.0651 e. The molecule has 2 atom stereocenters. The SMILES string of the molecule is CCC1C2CCCC1c1ccccc12. The summed E-state index contributed by atoms with van der Waals surface area (Å²) in [5.74, 6) is 2.76. The number of fused-ring (bicyclic) bond motifs is 5. The maximum atomic E-state index is 2.37. The molecule has 14 heavy (non-hydrogen) atoms. The summed E-state index contributed by atoms with van der Waals surface area (Å²) in [6, 6.07) is 9.17. The van der Waals surface area contributed by atoms with Gasteiger partial charge in [-0.1, -0.05) is 44.0 Å². The Morgan fingerprint density at radius 2 is 1.64 bits per heavy atom. The van der Waals surface area contributed by atoms with Crippen molar-refractivity contribution in [1.82, 2.24) is 0 Å². The maximum Gasteiger partial charge on any atom is -0.0125 e. The fraction of sp³-hybridized carbons (Fsp3) is 0.571. The lowest BCUT2D eigenvalue weighted by atomic mass is 9.75. The fourth-order valence-electron chi connectivity index (χ4n) is 3.79. The first-order valence-electron chi connectivity index (χ1n) is 6.00. The monoisotopic (exact) mass is 186 g/mol. The van der Waals surface area contributed by atoms with Crippen LogP contribution in [-0.2, 0) is 0 Å². The van der Waals surface area contributed by atoms with Crippen LogP contribution in [0.1, 0.15) is 55.6 Å². The van der Waals surface area contributed by atoms with Gasteiger partial charge < -0.3 is 0 Å². The molecule has 0 radical (unpaired) electrons. The van der Waals surface area contributed by atoms with Gasteiger partial charge in [-0.3, -0.25) is 0 Å². The van der Waals surface area contributed by atoms with E-state index in [1.54, 1.807) is 11.1 Å². The van der Waals surface area contributed by atoms with Gasteiger partial charge in [-0.2, -0.15) is 0 Å². The average molecular weight is 186 g/mol. The van der Waals surface area contributed by atoms with Crippen molar-refractivity contribution >= 4 is 0 Å². The van der Waals surface area contributed by atoms with Crippen LogP contribution in [0.15, 0.2) is 24.3 Å². The molecule has 2 unspecified atom stereocenters. The highest BCUT2D eigenvalue weighted by Crippen LogP contribution is 2.55. The van der Waals surface area contributed by atoms with Gasteiger partial charge in [-0.05, 0) is 41.7 Å². The lowest BCUT2D eigenvalue weighted by Crippen LogP contribution is -2.16. The quantitative estimate of drug-likeness (QED) is 0.620. The van der Waals surface area contributed by atoms with Crippen LogP contribution >= 0.6 is 0 Å². The molecule has 0 N–H and O–H groups in total. The molecule has 0 nitrogen and oxygen atoms in total. The van der Waals surface area contributed by atoms with Gasteiger partial charge in [0.2, 0.25) is 0 Å². The van der Waals surface area contributed by atoms with Crippen LogP contribution in [0, 0.1) is 5.92 Å². The van der Waals surface area contributed by atoms with Gasteiger partial charge >= 0.3 is 0 Å². The van der Waals surface area contributed by atoms with Gasteiger partial charge in [-0.25, -0.2) is 0 Å². The molecule has 0 spiro atoms. The molecule has 2 bridgehead atoms. The van der Waals surface area contributed by atoms with E-state index in [0.717, 1.165) is 17.8 Å². The van der Waals surface area contributed by atoms with Crippen LogP contribution in [0.5, 0.6) is 0 Å². The van der Waals surface area contributed by atoms with Crippen molar-refractivity contribution in [3.05, 3.63) is 35.4 Å². The molecule has 1 aromatic carbocycles. The highest BCUT2D eigenvalue weighted by atomic mass is 14.5. The minimum atomic E-state index is 0.898. The smallest absolute Gasteiger partial charge is 0.0125 e. The summed E-state index contributed by atoms with van der Waals surface area (Å²) in [6.07, 6.45) is 5.68. The van der Waals surface area contributed by atoms with Crippen molar-refractivity contribution in [2.45, 2.75) is 44.4 Å². The van der Waals surface area contributed by atoms with E-state index in [2.05, 4.69) is 31.2 Å². The molecular weight excluding hydrogens is 168 g/mol. The number of benzene rings is 1. The second-order valence-corrected chi connectivity index (χ2v) is 4.84. The molecular formula is C14H18. The number of hydrogen-bond donors (Lipinski definition) is 0. The summed E-state index contributed by atoms with van der Waals surface area (Å²) in [4.78, 5) is 0. The molecule has 74 valence electrons. The molecule has 1 saturated carbocycles. The van der Waals surface area contributed by atoms with E-state index in [-0.39, 0.29) is 0 Å². The van der Waals surface area contributed by atoms with Crippen molar-refractivity contribution in [3.8, 4) is 0 Å². The summed E-state index contributed by atoms with van der Waals surface area (Å²) >= 11 is 0. The van der Waals surface area contributed by atoms with Crippen LogP contribution in [-0.4, -0.2) is 0 Å². The summed E-state index contributed by atoms with van der Waals surface area (Å²) in [7, 11) is 0. The molecule has 0 heterocycles. The van der Waals surface area contributed by atoms with E-state index in [9.17, 15) is 0 Å². The Hall–Kier alpha value is -0.780. The third-order valence-electron chi connectivity index (χ3n) is 4.33. The zero-order chi connectivity index (χ0) is 9.54. The number of hydrogen-bond acceptors (Lipinski definition) is 0. The standard InChI is InChI=1S/C14H18/c1-2-10-11-8-5-9-12(10)14-7-4-3-6-13(11)14/h3-4,6-7,10-12H,2,5,8-9H2,1H3. The Kier molecular flexibility index (Phi) is 1.90. The highest BCUT2D eigenvalue weighted by Gasteiger charge is 2.41. The van der Waals surface area contributed by atoms with Gasteiger partial charge in [0, 0.05) is 0 Å². The molecule has 3 rings (SSSR count). The first-order valence-corrected chi connectivity index (χ1v) is 6.00. The molecule has 0 aliphatic heterocycles.